The van der Waals surface area contributed by atoms with Gasteiger partial charge in [0.2, 0.25) is 0 Å². The van der Waals surface area contributed by atoms with Gasteiger partial charge in [-0.25, -0.2) is 0 Å². The first kappa shape index (κ1) is 15.3. The molecule has 2 nitrogen and oxygen atoms in total. The molecular formula is C17H33NO. The summed E-state index contributed by atoms with van der Waals surface area (Å²) in [6, 6.07) is 0. The van der Waals surface area contributed by atoms with E-state index in [-0.39, 0.29) is 11.2 Å². The third kappa shape index (κ3) is 3.16. The smallest absolute Gasteiger partial charge is 0.0814 e. The molecule has 19 heavy (non-hydrogen) atoms. The summed E-state index contributed by atoms with van der Waals surface area (Å²) in [5.74, 6) is 1.42. The molecule has 0 bridgehead atoms. The highest BCUT2D eigenvalue weighted by molar-refractivity contribution is 4.99. The summed E-state index contributed by atoms with van der Waals surface area (Å²) in [7, 11) is 0. The molecule has 0 amide bonds. The largest absolute Gasteiger partial charge is 0.366 e. The van der Waals surface area contributed by atoms with E-state index < -0.39 is 0 Å². The topological polar surface area (TPSA) is 21.3 Å². The number of rotatable bonds is 1. The Bertz CT molecular complexity index is 310. The van der Waals surface area contributed by atoms with Crippen LogP contribution in [-0.4, -0.2) is 24.3 Å². The average Bonchev–Trinajstić information content (AvgIpc) is 2.28. The molecule has 1 aliphatic heterocycles. The fraction of sp³-hybridized carbons (Fsp3) is 1.00. The molecular weight excluding hydrogens is 234 g/mol. The van der Waals surface area contributed by atoms with Crippen LogP contribution in [0.25, 0.3) is 0 Å². The van der Waals surface area contributed by atoms with Crippen molar-refractivity contribution in [3.05, 3.63) is 0 Å². The maximum absolute atomic E-state index is 6.66. The van der Waals surface area contributed by atoms with Gasteiger partial charge in [0.05, 0.1) is 11.2 Å². The molecule has 1 saturated heterocycles. The third-order valence-electron chi connectivity index (χ3n) is 5.72. The van der Waals surface area contributed by atoms with Crippen molar-refractivity contribution in [3.63, 3.8) is 0 Å². The molecule has 2 fully saturated rings. The fourth-order valence-corrected chi connectivity index (χ4v) is 3.72. The van der Waals surface area contributed by atoms with Gasteiger partial charge in [-0.1, -0.05) is 34.6 Å². The normalized spacial score (nSPS) is 40.9. The molecule has 0 aromatic carbocycles. The van der Waals surface area contributed by atoms with Crippen LogP contribution in [0.3, 0.4) is 0 Å². The van der Waals surface area contributed by atoms with Crippen LogP contribution >= 0.6 is 0 Å². The van der Waals surface area contributed by atoms with E-state index in [1.807, 2.05) is 0 Å². The van der Waals surface area contributed by atoms with E-state index in [0.717, 1.165) is 19.0 Å². The van der Waals surface area contributed by atoms with E-state index in [1.54, 1.807) is 0 Å². The van der Waals surface area contributed by atoms with Crippen molar-refractivity contribution < 1.29 is 4.74 Å². The molecule has 1 heterocycles. The van der Waals surface area contributed by atoms with E-state index >= 15 is 0 Å². The first-order valence-electron chi connectivity index (χ1n) is 8.08. The highest BCUT2D eigenvalue weighted by atomic mass is 16.5. The molecule has 0 radical (unpaired) electrons. The monoisotopic (exact) mass is 267 g/mol. The Morgan fingerprint density at radius 1 is 1.11 bits per heavy atom. The molecule has 0 aromatic heterocycles. The SMILES string of the molecule is CC(C)C1(C)CNCC2(CCC(C(C)(C)C)CC2)O1. The first-order chi connectivity index (χ1) is 8.67. The second-order valence-corrected chi connectivity index (χ2v) is 8.50. The van der Waals surface area contributed by atoms with Gasteiger partial charge in [-0.15, -0.1) is 0 Å². The number of ether oxygens (including phenoxy) is 1. The summed E-state index contributed by atoms with van der Waals surface area (Å²) in [6.45, 7) is 16.0. The Hall–Kier alpha value is -0.0800. The maximum atomic E-state index is 6.66. The van der Waals surface area contributed by atoms with Crippen LogP contribution in [0.4, 0.5) is 0 Å². The van der Waals surface area contributed by atoms with Gasteiger partial charge < -0.3 is 10.1 Å². The number of nitrogens with one attached hydrogen (secondary N) is 1. The molecule has 1 spiro atoms. The van der Waals surface area contributed by atoms with E-state index in [4.69, 9.17) is 4.74 Å². The van der Waals surface area contributed by atoms with Crippen LogP contribution in [0.5, 0.6) is 0 Å². The lowest BCUT2D eigenvalue weighted by atomic mass is 9.67. The minimum Gasteiger partial charge on any atom is -0.366 e. The van der Waals surface area contributed by atoms with E-state index in [0.29, 0.717) is 11.3 Å². The van der Waals surface area contributed by atoms with Gasteiger partial charge in [0, 0.05) is 13.1 Å². The van der Waals surface area contributed by atoms with E-state index in [9.17, 15) is 0 Å². The minimum absolute atomic E-state index is 0.00677. The molecule has 2 rings (SSSR count). The summed E-state index contributed by atoms with van der Waals surface area (Å²) in [5, 5.41) is 3.65. The predicted molar refractivity (Wildman–Crippen MR) is 81.3 cm³/mol. The first-order valence-corrected chi connectivity index (χ1v) is 8.08. The van der Waals surface area contributed by atoms with Gasteiger partial charge in [0.15, 0.2) is 0 Å². The van der Waals surface area contributed by atoms with Crippen LogP contribution in [0.15, 0.2) is 0 Å². The highest BCUT2D eigenvalue weighted by Crippen LogP contribution is 2.45. The number of hydrogen-bond acceptors (Lipinski definition) is 2. The Labute approximate surface area is 119 Å². The summed E-state index contributed by atoms with van der Waals surface area (Å²) >= 11 is 0. The van der Waals surface area contributed by atoms with Gasteiger partial charge >= 0.3 is 0 Å². The van der Waals surface area contributed by atoms with E-state index in [2.05, 4.69) is 46.9 Å². The molecule has 1 atom stereocenters. The second-order valence-electron chi connectivity index (χ2n) is 8.50. The molecule has 1 saturated carbocycles. The highest BCUT2D eigenvalue weighted by Gasteiger charge is 2.47. The Balaban J connectivity index is 2.02. The maximum Gasteiger partial charge on any atom is 0.0814 e. The fourth-order valence-electron chi connectivity index (χ4n) is 3.72. The van der Waals surface area contributed by atoms with Crippen LogP contribution in [0.2, 0.25) is 0 Å². The summed E-state index contributed by atoms with van der Waals surface area (Å²) < 4.78 is 6.66. The summed E-state index contributed by atoms with van der Waals surface area (Å²) in [6.07, 6.45) is 5.09. The minimum atomic E-state index is 0.00677. The third-order valence-corrected chi connectivity index (χ3v) is 5.72. The Morgan fingerprint density at radius 2 is 1.68 bits per heavy atom. The van der Waals surface area contributed by atoms with Crippen molar-refractivity contribution in [1.82, 2.24) is 5.32 Å². The molecule has 112 valence electrons. The molecule has 1 unspecified atom stereocenters. The van der Waals surface area contributed by atoms with Crippen LogP contribution in [-0.2, 0) is 4.74 Å². The van der Waals surface area contributed by atoms with Crippen molar-refractivity contribution >= 4 is 0 Å². The van der Waals surface area contributed by atoms with Gasteiger partial charge in [0.1, 0.15) is 0 Å². The predicted octanol–water partition coefficient (Wildman–Crippen LogP) is 4.00. The quantitative estimate of drug-likeness (QED) is 0.775. The molecule has 2 aliphatic rings. The van der Waals surface area contributed by atoms with Crippen LogP contribution in [0, 0.1) is 17.3 Å². The van der Waals surface area contributed by atoms with Gasteiger partial charge in [-0.2, -0.15) is 0 Å². The van der Waals surface area contributed by atoms with Crippen LogP contribution in [0.1, 0.15) is 67.2 Å². The van der Waals surface area contributed by atoms with Gasteiger partial charge in [0.25, 0.3) is 0 Å². The zero-order valence-electron chi connectivity index (χ0n) is 13.8. The van der Waals surface area contributed by atoms with E-state index in [1.165, 1.54) is 25.7 Å². The van der Waals surface area contributed by atoms with Crippen molar-refractivity contribution in [2.45, 2.75) is 78.4 Å². The Morgan fingerprint density at radius 3 is 2.16 bits per heavy atom. The van der Waals surface area contributed by atoms with Crippen molar-refractivity contribution in [2.75, 3.05) is 13.1 Å². The molecule has 2 heteroatoms. The second kappa shape index (κ2) is 5.04. The molecule has 0 aromatic rings. The molecule has 1 N–H and O–H groups in total. The Kier molecular flexibility index (Phi) is 4.06. The number of hydrogen-bond donors (Lipinski definition) is 1. The summed E-state index contributed by atoms with van der Waals surface area (Å²) in [5.41, 5.74) is 0.566. The lowest BCUT2D eigenvalue weighted by molar-refractivity contribution is -0.206. The van der Waals surface area contributed by atoms with Crippen molar-refractivity contribution in [1.29, 1.82) is 0 Å². The molecule has 1 aliphatic carbocycles. The van der Waals surface area contributed by atoms with Gasteiger partial charge in [-0.3, -0.25) is 0 Å². The zero-order valence-corrected chi connectivity index (χ0v) is 13.8. The average molecular weight is 267 g/mol. The number of morpholine rings is 1. The zero-order chi connectivity index (χ0) is 14.3. The van der Waals surface area contributed by atoms with Crippen molar-refractivity contribution in [2.24, 2.45) is 17.3 Å². The summed E-state index contributed by atoms with van der Waals surface area (Å²) in [4.78, 5) is 0. The van der Waals surface area contributed by atoms with Crippen LogP contribution < -0.4 is 5.32 Å². The van der Waals surface area contributed by atoms with Gasteiger partial charge in [-0.05, 0) is 49.9 Å². The standard InChI is InChI=1S/C17H33NO/c1-13(2)16(6)11-18-12-17(19-16)9-7-14(8-10-17)15(3,4)5/h13-14,18H,7-12H2,1-6H3. The lowest BCUT2D eigenvalue weighted by Crippen LogP contribution is -2.62. The lowest BCUT2D eigenvalue weighted by Gasteiger charge is -2.52. The van der Waals surface area contributed by atoms with Crippen molar-refractivity contribution in [3.8, 4) is 0 Å².